The Balaban J connectivity index is 1.90. The number of pyridine rings is 2. The van der Waals surface area contributed by atoms with Crippen molar-refractivity contribution in [3.8, 4) is 5.75 Å². The number of aromatic hydroxyl groups is 1. The molecular formula is C16H11F2N3O3. The van der Waals surface area contributed by atoms with E-state index in [0.717, 1.165) is 6.07 Å². The predicted molar refractivity (Wildman–Crippen MR) is 81.6 cm³/mol. The highest BCUT2D eigenvalue weighted by atomic mass is 19.1. The molecular weight excluding hydrogens is 320 g/mol. The summed E-state index contributed by atoms with van der Waals surface area (Å²) in [6, 6.07) is 5.95. The molecule has 6 nitrogen and oxygen atoms in total. The Morgan fingerprint density at radius 3 is 2.83 bits per heavy atom. The van der Waals surface area contributed by atoms with Gasteiger partial charge in [0.15, 0.2) is 0 Å². The van der Waals surface area contributed by atoms with Gasteiger partial charge in [-0.15, -0.1) is 0 Å². The summed E-state index contributed by atoms with van der Waals surface area (Å²) in [6.45, 7) is -0.269. The topological polar surface area (TPSA) is 95.1 Å². The maximum absolute atomic E-state index is 13.6. The molecule has 0 fully saturated rings. The molecule has 3 N–H and O–H groups in total. The van der Waals surface area contributed by atoms with Gasteiger partial charge in [0.05, 0.1) is 5.39 Å². The normalized spacial score (nSPS) is 10.8. The number of H-pyrrole nitrogens is 1. The summed E-state index contributed by atoms with van der Waals surface area (Å²) in [4.78, 5) is 30.4. The predicted octanol–water partition coefficient (Wildman–Crippen LogP) is 1.84. The van der Waals surface area contributed by atoms with E-state index in [2.05, 4.69) is 15.3 Å². The fourth-order valence-electron chi connectivity index (χ4n) is 2.25. The molecule has 3 aromatic rings. The second-order valence-corrected chi connectivity index (χ2v) is 5.00. The van der Waals surface area contributed by atoms with Gasteiger partial charge in [-0.3, -0.25) is 9.59 Å². The summed E-state index contributed by atoms with van der Waals surface area (Å²) >= 11 is 0. The van der Waals surface area contributed by atoms with E-state index in [1.807, 2.05) is 0 Å². The van der Waals surface area contributed by atoms with Gasteiger partial charge in [0, 0.05) is 24.4 Å². The van der Waals surface area contributed by atoms with E-state index in [4.69, 9.17) is 0 Å². The summed E-state index contributed by atoms with van der Waals surface area (Å²) in [5.74, 6) is -2.96. The molecule has 2 heterocycles. The number of carbonyl (C=O) groups excluding carboxylic acids is 1. The summed E-state index contributed by atoms with van der Waals surface area (Å²) in [5, 5.41) is 12.7. The maximum atomic E-state index is 13.6. The van der Waals surface area contributed by atoms with Crippen molar-refractivity contribution in [3.05, 3.63) is 69.6 Å². The number of amides is 1. The van der Waals surface area contributed by atoms with Crippen LogP contribution in [-0.4, -0.2) is 21.0 Å². The Labute approximate surface area is 133 Å². The van der Waals surface area contributed by atoms with E-state index in [9.17, 15) is 23.5 Å². The number of aromatic nitrogens is 2. The van der Waals surface area contributed by atoms with Gasteiger partial charge in [0.1, 0.15) is 28.6 Å². The van der Waals surface area contributed by atoms with Gasteiger partial charge in [-0.1, -0.05) is 6.07 Å². The molecule has 1 amide bonds. The molecule has 122 valence electrons. The molecule has 2 aromatic heterocycles. The number of aromatic amines is 1. The quantitative estimate of drug-likeness (QED) is 0.682. The Bertz CT molecular complexity index is 1000. The minimum Gasteiger partial charge on any atom is -0.506 e. The molecule has 3 rings (SSSR count). The number of fused-ring (bicyclic) bond motifs is 1. The molecule has 0 bridgehead atoms. The third-order valence-corrected chi connectivity index (χ3v) is 3.44. The van der Waals surface area contributed by atoms with E-state index >= 15 is 0 Å². The number of carbonyl (C=O) groups is 1. The fourth-order valence-corrected chi connectivity index (χ4v) is 2.25. The van der Waals surface area contributed by atoms with Crippen LogP contribution in [0.2, 0.25) is 0 Å². The number of nitrogens with one attached hydrogen (secondary N) is 2. The number of nitrogens with zero attached hydrogens (tertiary/aromatic N) is 1. The van der Waals surface area contributed by atoms with Crippen molar-refractivity contribution in [1.82, 2.24) is 15.3 Å². The van der Waals surface area contributed by atoms with Gasteiger partial charge in [0.2, 0.25) is 0 Å². The minimum absolute atomic E-state index is 0.0446. The van der Waals surface area contributed by atoms with Gasteiger partial charge in [0.25, 0.3) is 11.5 Å². The third-order valence-electron chi connectivity index (χ3n) is 3.44. The Morgan fingerprint density at radius 1 is 1.29 bits per heavy atom. The van der Waals surface area contributed by atoms with Crippen LogP contribution in [0, 0.1) is 11.6 Å². The van der Waals surface area contributed by atoms with Crippen molar-refractivity contribution >= 4 is 16.9 Å². The van der Waals surface area contributed by atoms with Crippen molar-refractivity contribution in [3.63, 3.8) is 0 Å². The van der Waals surface area contributed by atoms with Crippen molar-refractivity contribution in [2.75, 3.05) is 0 Å². The number of benzene rings is 1. The molecule has 0 unspecified atom stereocenters. The average Bonchev–Trinajstić information content (AvgIpc) is 2.54. The molecule has 0 aliphatic carbocycles. The van der Waals surface area contributed by atoms with E-state index in [0.29, 0.717) is 6.07 Å². The van der Waals surface area contributed by atoms with E-state index in [-0.39, 0.29) is 23.1 Å². The number of halogens is 2. The molecule has 8 heteroatoms. The highest BCUT2D eigenvalue weighted by Gasteiger charge is 2.19. The monoisotopic (exact) mass is 331 g/mol. The second-order valence-electron chi connectivity index (χ2n) is 5.00. The lowest BCUT2D eigenvalue weighted by atomic mass is 10.1. The SMILES string of the molecule is O=C(NCc1ccc(F)cc1F)c1c(O)c2cccnc2[nH]c1=O. The van der Waals surface area contributed by atoms with Gasteiger partial charge in [-0.25, -0.2) is 13.8 Å². The van der Waals surface area contributed by atoms with Crippen molar-refractivity contribution in [1.29, 1.82) is 0 Å². The highest BCUT2D eigenvalue weighted by molar-refractivity contribution is 6.01. The lowest BCUT2D eigenvalue weighted by Gasteiger charge is -2.08. The maximum Gasteiger partial charge on any atom is 0.266 e. The van der Waals surface area contributed by atoms with Gasteiger partial charge in [-0.2, -0.15) is 0 Å². The van der Waals surface area contributed by atoms with Crippen LogP contribution >= 0.6 is 0 Å². The zero-order valence-electron chi connectivity index (χ0n) is 12.1. The largest absolute Gasteiger partial charge is 0.506 e. The zero-order valence-corrected chi connectivity index (χ0v) is 12.1. The van der Waals surface area contributed by atoms with Crippen LogP contribution < -0.4 is 10.9 Å². The molecule has 0 saturated carbocycles. The van der Waals surface area contributed by atoms with Gasteiger partial charge < -0.3 is 15.4 Å². The first-order chi connectivity index (χ1) is 11.5. The molecule has 0 aliphatic rings. The second kappa shape index (κ2) is 6.07. The van der Waals surface area contributed by atoms with Crippen molar-refractivity contribution < 1.29 is 18.7 Å². The smallest absolute Gasteiger partial charge is 0.266 e. The first-order valence-electron chi connectivity index (χ1n) is 6.89. The lowest BCUT2D eigenvalue weighted by Crippen LogP contribution is -2.29. The molecule has 0 aliphatic heterocycles. The molecule has 0 radical (unpaired) electrons. The number of rotatable bonds is 3. The Morgan fingerprint density at radius 2 is 2.08 bits per heavy atom. The summed E-state index contributed by atoms with van der Waals surface area (Å²) in [7, 11) is 0. The molecule has 0 spiro atoms. The lowest BCUT2D eigenvalue weighted by molar-refractivity contribution is 0.0946. The van der Waals surface area contributed by atoms with Gasteiger partial charge >= 0.3 is 0 Å². The van der Waals surface area contributed by atoms with Crippen LogP contribution in [0.3, 0.4) is 0 Å². The summed E-state index contributed by atoms with van der Waals surface area (Å²) in [5.41, 5.74) is -1.14. The van der Waals surface area contributed by atoms with Crippen LogP contribution in [0.4, 0.5) is 8.78 Å². The van der Waals surface area contributed by atoms with Crippen molar-refractivity contribution in [2.45, 2.75) is 6.54 Å². The minimum atomic E-state index is -0.886. The van der Waals surface area contributed by atoms with Crippen LogP contribution in [0.5, 0.6) is 5.75 Å². The number of hydrogen-bond donors (Lipinski definition) is 3. The zero-order chi connectivity index (χ0) is 17.3. The van der Waals surface area contributed by atoms with E-state index in [1.54, 1.807) is 0 Å². The third kappa shape index (κ3) is 2.81. The molecule has 1 aromatic carbocycles. The molecule has 24 heavy (non-hydrogen) atoms. The van der Waals surface area contributed by atoms with Crippen molar-refractivity contribution in [2.24, 2.45) is 0 Å². The van der Waals surface area contributed by atoms with Gasteiger partial charge in [-0.05, 0) is 18.2 Å². The average molecular weight is 331 g/mol. The molecule has 0 saturated heterocycles. The first-order valence-corrected chi connectivity index (χ1v) is 6.89. The highest BCUT2D eigenvalue weighted by Crippen LogP contribution is 2.23. The van der Waals surface area contributed by atoms with E-state index < -0.39 is 34.4 Å². The van der Waals surface area contributed by atoms with Crippen LogP contribution in [0.25, 0.3) is 11.0 Å². The van der Waals surface area contributed by atoms with E-state index in [1.165, 1.54) is 24.4 Å². The van der Waals surface area contributed by atoms with Crippen LogP contribution in [0.1, 0.15) is 15.9 Å². The summed E-state index contributed by atoms with van der Waals surface area (Å²) < 4.78 is 26.4. The first kappa shape index (κ1) is 15.6. The van der Waals surface area contributed by atoms with Crippen LogP contribution in [-0.2, 0) is 6.54 Å². The van der Waals surface area contributed by atoms with Crippen LogP contribution in [0.15, 0.2) is 41.3 Å². The number of hydrogen-bond acceptors (Lipinski definition) is 4. The Hall–Kier alpha value is -3.29. The standard InChI is InChI=1S/C16H11F2N3O3/c17-9-4-3-8(11(18)6-9)7-20-15(23)12-13(22)10-2-1-5-19-14(10)21-16(12)24/h1-6H,7H2,(H,20,23)(H2,19,21,22,24). The Kier molecular flexibility index (Phi) is 3.95. The fraction of sp³-hybridized carbons (Fsp3) is 0.0625. The summed E-state index contributed by atoms with van der Waals surface area (Å²) in [6.07, 6.45) is 1.43. The molecule has 0 atom stereocenters.